The number of halogens is 2. The van der Waals surface area contributed by atoms with Crippen LogP contribution in [-0.4, -0.2) is 17.6 Å². The van der Waals surface area contributed by atoms with Crippen LogP contribution in [-0.2, 0) is 13.1 Å². The van der Waals surface area contributed by atoms with E-state index in [1.165, 1.54) is 0 Å². The molecule has 3 aromatic rings. The Kier molecular flexibility index (Phi) is 4.67. The van der Waals surface area contributed by atoms with Crippen LogP contribution < -0.4 is 9.64 Å². The van der Waals surface area contributed by atoms with Crippen molar-refractivity contribution in [1.82, 2.24) is 4.57 Å². The minimum atomic E-state index is -0.123. The third kappa shape index (κ3) is 2.99. The van der Waals surface area contributed by atoms with E-state index in [0.717, 1.165) is 27.1 Å². The summed E-state index contributed by atoms with van der Waals surface area (Å²) in [5.41, 5.74) is 3.57. The molecule has 0 unspecified atom stereocenters. The molecule has 26 heavy (non-hydrogen) atoms. The minimum Gasteiger partial charge on any atom is -0.496 e. The summed E-state index contributed by atoms with van der Waals surface area (Å²) in [6.07, 6.45) is 2.04. The molecule has 0 radical (unpaired) electrons. The molecule has 4 nitrogen and oxygen atoms in total. The fourth-order valence-electron chi connectivity index (χ4n) is 3.28. The number of hydrogen-bond acceptors (Lipinski definition) is 2. The van der Waals surface area contributed by atoms with Gasteiger partial charge >= 0.3 is 0 Å². The van der Waals surface area contributed by atoms with Crippen molar-refractivity contribution < 1.29 is 9.53 Å². The number of methoxy groups -OCH3 is 1. The number of carbonyl (C=O) groups is 1. The number of ether oxygens (including phenoxy) is 1. The predicted octanol–water partition coefficient (Wildman–Crippen LogP) is 4.96. The molecule has 2 aromatic carbocycles. The third-order valence-electron chi connectivity index (χ3n) is 4.58. The Labute approximate surface area is 170 Å². The number of anilines is 1. The first-order valence-corrected chi connectivity index (χ1v) is 9.61. The molecule has 0 saturated carbocycles. The van der Waals surface area contributed by atoms with Gasteiger partial charge in [0.2, 0.25) is 0 Å². The van der Waals surface area contributed by atoms with Crippen molar-refractivity contribution in [3.63, 3.8) is 0 Å². The van der Waals surface area contributed by atoms with Gasteiger partial charge in [0.25, 0.3) is 5.91 Å². The molecule has 1 aromatic heterocycles. The summed E-state index contributed by atoms with van der Waals surface area (Å²) >= 11 is 8.42. The van der Waals surface area contributed by atoms with Gasteiger partial charge in [0.1, 0.15) is 5.75 Å². The maximum absolute atomic E-state index is 13.5. The number of amides is 1. The lowest BCUT2D eigenvalue weighted by Crippen LogP contribution is -2.31. The number of para-hydroxylation sites is 1. The summed E-state index contributed by atoms with van der Waals surface area (Å²) in [5.74, 6) is 0.406. The van der Waals surface area contributed by atoms with Gasteiger partial charge in [0.15, 0.2) is 0 Å². The highest BCUT2D eigenvalue weighted by atomic mass is 127. The van der Waals surface area contributed by atoms with Crippen molar-refractivity contribution in [1.29, 1.82) is 0 Å². The van der Waals surface area contributed by atoms with Gasteiger partial charge in [-0.25, -0.2) is 0 Å². The first kappa shape index (κ1) is 17.4. The van der Waals surface area contributed by atoms with E-state index < -0.39 is 0 Å². The standard InChI is InChI=1S/C20H16ClIN2O2/c1-26-19-10-17(22)16(21)9-15(19)20(25)24-12-14-6-4-8-23(14)11-13-5-2-3-7-18(13)24/h2-10H,11-12H2,1H3. The average Bonchev–Trinajstić information content (AvgIpc) is 3.02. The van der Waals surface area contributed by atoms with Crippen LogP contribution in [0.3, 0.4) is 0 Å². The Bertz CT molecular complexity index is 999. The zero-order valence-electron chi connectivity index (χ0n) is 14.1. The van der Waals surface area contributed by atoms with Crippen LogP contribution in [0.1, 0.15) is 21.6 Å². The molecular formula is C20H16ClIN2O2. The highest BCUT2D eigenvalue weighted by molar-refractivity contribution is 14.1. The van der Waals surface area contributed by atoms with Crippen molar-refractivity contribution >= 4 is 45.8 Å². The van der Waals surface area contributed by atoms with E-state index in [1.807, 2.05) is 36.5 Å². The molecule has 1 amide bonds. The van der Waals surface area contributed by atoms with Gasteiger partial charge in [-0.3, -0.25) is 4.79 Å². The number of fused-ring (bicyclic) bond motifs is 2. The van der Waals surface area contributed by atoms with Crippen molar-refractivity contribution in [3.05, 3.63) is 80.1 Å². The Hall–Kier alpha value is -1.99. The largest absolute Gasteiger partial charge is 0.496 e. The lowest BCUT2D eigenvalue weighted by atomic mass is 10.1. The molecule has 132 valence electrons. The zero-order valence-corrected chi connectivity index (χ0v) is 17.0. The fraction of sp³-hybridized carbons (Fsp3) is 0.150. The first-order valence-electron chi connectivity index (χ1n) is 8.15. The normalized spacial score (nSPS) is 13.0. The maximum Gasteiger partial charge on any atom is 0.262 e. The SMILES string of the molecule is COc1cc(I)c(Cl)cc1C(=O)N1Cc2cccn2Cc2ccccc21. The van der Waals surface area contributed by atoms with E-state index in [9.17, 15) is 4.79 Å². The van der Waals surface area contributed by atoms with Crippen LogP contribution in [0.5, 0.6) is 5.75 Å². The van der Waals surface area contributed by atoms with E-state index in [4.69, 9.17) is 16.3 Å². The number of benzene rings is 2. The molecular weight excluding hydrogens is 463 g/mol. The predicted molar refractivity (Wildman–Crippen MR) is 111 cm³/mol. The van der Waals surface area contributed by atoms with E-state index >= 15 is 0 Å². The van der Waals surface area contributed by atoms with E-state index in [2.05, 4.69) is 33.2 Å². The fourth-order valence-corrected chi connectivity index (χ4v) is 3.88. The Balaban J connectivity index is 1.84. The molecule has 1 aliphatic rings. The minimum absolute atomic E-state index is 0.123. The average molecular weight is 479 g/mol. The van der Waals surface area contributed by atoms with Gasteiger partial charge in [0.05, 0.1) is 24.2 Å². The van der Waals surface area contributed by atoms with Crippen LogP contribution in [0, 0.1) is 3.57 Å². The van der Waals surface area contributed by atoms with Gasteiger partial charge in [-0.1, -0.05) is 29.8 Å². The lowest BCUT2D eigenvalue weighted by molar-refractivity contribution is 0.0982. The number of nitrogens with zero attached hydrogens (tertiary/aromatic N) is 2. The molecule has 6 heteroatoms. The number of hydrogen-bond donors (Lipinski definition) is 0. The molecule has 0 bridgehead atoms. The molecule has 0 fully saturated rings. The van der Waals surface area contributed by atoms with Crippen LogP contribution in [0.4, 0.5) is 5.69 Å². The summed E-state index contributed by atoms with van der Waals surface area (Å²) in [7, 11) is 1.57. The lowest BCUT2D eigenvalue weighted by Gasteiger charge is -2.24. The second-order valence-electron chi connectivity index (χ2n) is 6.11. The molecule has 1 aliphatic heterocycles. The topological polar surface area (TPSA) is 34.5 Å². The van der Waals surface area contributed by atoms with E-state index in [0.29, 0.717) is 22.9 Å². The second kappa shape index (κ2) is 6.96. The maximum atomic E-state index is 13.5. The molecule has 0 aliphatic carbocycles. The quantitative estimate of drug-likeness (QED) is 0.488. The summed E-state index contributed by atoms with van der Waals surface area (Å²) in [4.78, 5) is 15.3. The zero-order chi connectivity index (χ0) is 18.3. The number of carbonyl (C=O) groups excluding carboxylic acids is 1. The summed E-state index contributed by atoms with van der Waals surface area (Å²) < 4.78 is 8.47. The molecule has 0 atom stereocenters. The van der Waals surface area contributed by atoms with Gasteiger partial charge in [0, 0.05) is 27.7 Å². The molecule has 0 spiro atoms. The van der Waals surface area contributed by atoms with E-state index in [-0.39, 0.29) is 5.91 Å². The van der Waals surface area contributed by atoms with Gasteiger partial charge < -0.3 is 14.2 Å². The van der Waals surface area contributed by atoms with Gasteiger partial charge in [-0.2, -0.15) is 0 Å². The smallest absolute Gasteiger partial charge is 0.262 e. The summed E-state index contributed by atoms with van der Waals surface area (Å²) in [6, 6.07) is 15.5. The number of aromatic nitrogens is 1. The van der Waals surface area contributed by atoms with Crippen LogP contribution >= 0.6 is 34.2 Å². The van der Waals surface area contributed by atoms with E-state index in [1.54, 1.807) is 24.1 Å². The van der Waals surface area contributed by atoms with Crippen LogP contribution in [0.15, 0.2) is 54.7 Å². The third-order valence-corrected chi connectivity index (χ3v) is 6.11. The molecule has 0 N–H and O–H groups in total. The highest BCUT2D eigenvalue weighted by Crippen LogP contribution is 2.33. The Morgan fingerprint density at radius 1 is 1.15 bits per heavy atom. The highest BCUT2D eigenvalue weighted by Gasteiger charge is 2.27. The molecule has 2 heterocycles. The second-order valence-corrected chi connectivity index (χ2v) is 7.68. The van der Waals surface area contributed by atoms with Crippen molar-refractivity contribution in [2.45, 2.75) is 13.1 Å². The monoisotopic (exact) mass is 478 g/mol. The Morgan fingerprint density at radius 3 is 2.77 bits per heavy atom. The van der Waals surface area contributed by atoms with Crippen molar-refractivity contribution in [2.24, 2.45) is 0 Å². The molecule has 0 saturated heterocycles. The van der Waals surface area contributed by atoms with Crippen molar-refractivity contribution in [3.8, 4) is 5.75 Å². The van der Waals surface area contributed by atoms with Crippen LogP contribution in [0.2, 0.25) is 5.02 Å². The van der Waals surface area contributed by atoms with Crippen LogP contribution in [0.25, 0.3) is 0 Å². The summed E-state index contributed by atoms with van der Waals surface area (Å²) in [5, 5.41) is 0.543. The summed E-state index contributed by atoms with van der Waals surface area (Å²) in [6.45, 7) is 1.24. The number of rotatable bonds is 2. The van der Waals surface area contributed by atoms with Crippen molar-refractivity contribution in [2.75, 3.05) is 12.0 Å². The molecule has 4 rings (SSSR count). The first-order chi connectivity index (χ1) is 12.6. The van der Waals surface area contributed by atoms with Gasteiger partial charge in [-0.15, -0.1) is 0 Å². The Morgan fingerprint density at radius 2 is 1.96 bits per heavy atom. The van der Waals surface area contributed by atoms with Gasteiger partial charge in [-0.05, 0) is 58.5 Å².